The molecular formula is C15H22N4O. The van der Waals surface area contributed by atoms with Gasteiger partial charge in [-0.3, -0.25) is 0 Å². The minimum Gasteiger partial charge on any atom is -0.376 e. The number of ether oxygens (including phenoxy) is 1. The van der Waals surface area contributed by atoms with E-state index in [-0.39, 0.29) is 0 Å². The van der Waals surface area contributed by atoms with Crippen LogP contribution in [0.4, 0.5) is 5.95 Å². The highest BCUT2D eigenvalue weighted by atomic mass is 16.5. The highest BCUT2D eigenvalue weighted by Crippen LogP contribution is 2.17. The summed E-state index contributed by atoms with van der Waals surface area (Å²) in [5, 5.41) is 6.70. The first-order valence-electron chi connectivity index (χ1n) is 7.32. The van der Waals surface area contributed by atoms with Crippen molar-refractivity contribution in [3.8, 4) is 0 Å². The zero-order valence-corrected chi connectivity index (χ0v) is 11.9. The number of aromatic nitrogens is 2. The maximum Gasteiger partial charge on any atom is 0.203 e. The summed E-state index contributed by atoms with van der Waals surface area (Å²) < 4.78 is 7.96. The van der Waals surface area contributed by atoms with Crippen LogP contribution < -0.4 is 10.6 Å². The standard InChI is InChI=1S/C15H22N4O/c1-19-14-5-3-2-4-13(14)18-15(19)17-10-11-20-12-6-8-16-9-7-12/h2-5,12,16H,6-11H2,1H3,(H,17,18). The summed E-state index contributed by atoms with van der Waals surface area (Å²) in [6.07, 6.45) is 2.65. The molecular weight excluding hydrogens is 252 g/mol. The topological polar surface area (TPSA) is 51.1 Å². The Morgan fingerprint density at radius 3 is 2.95 bits per heavy atom. The van der Waals surface area contributed by atoms with Crippen LogP contribution in [0.3, 0.4) is 0 Å². The van der Waals surface area contributed by atoms with Gasteiger partial charge in [0, 0.05) is 13.6 Å². The van der Waals surface area contributed by atoms with Crippen LogP contribution in [-0.2, 0) is 11.8 Å². The van der Waals surface area contributed by atoms with E-state index in [4.69, 9.17) is 4.74 Å². The number of para-hydroxylation sites is 2. The number of rotatable bonds is 5. The fraction of sp³-hybridized carbons (Fsp3) is 0.533. The van der Waals surface area contributed by atoms with Gasteiger partial charge in [-0.05, 0) is 38.1 Å². The fourth-order valence-electron chi connectivity index (χ4n) is 2.65. The number of nitrogens with one attached hydrogen (secondary N) is 2. The third-order valence-corrected chi connectivity index (χ3v) is 3.81. The number of nitrogens with zero attached hydrogens (tertiary/aromatic N) is 2. The number of benzene rings is 1. The van der Waals surface area contributed by atoms with Crippen molar-refractivity contribution in [1.82, 2.24) is 14.9 Å². The van der Waals surface area contributed by atoms with Crippen molar-refractivity contribution < 1.29 is 4.74 Å². The van der Waals surface area contributed by atoms with E-state index in [0.717, 1.165) is 56.1 Å². The van der Waals surface area contributed by atoms with Gasteiger partial charge in [-0.2, -0.15) is 0 Å². The van der Waals surface area contributed by atoms with Gasteiger partial charge in [0.25, 0.3) is 0 Å². The van der Waals surface area contributed by atoms with Gasteiger partial charge in [-0.15, -0.1) is 0 Å². The Hall–Kier alpha value is -1.59. The van der Waals surface area contributed by atoms with Crippen LogP contribution in [0.15, 0.2) is 24.3 Å². The van der Waals surface area contributed by atoms with Gasteiger partial charge >= 0.3 is 0 Å². The molecule has 1 aliphatic heterocycles. The Morgan fingerprint density at radius 2 is 2.15 bits per heavy atom. The van der Waals surface area contributed by atoms with Crippen LogP contribution in [-0.4, -0.2) is 41.9 Å². The van der Waals surface area contributed by atoms with Crippen LogP contribution in [0, 0.1) is 0 Å². The summed E-state index contributed by atoms with van der Waals surface area (Å²) >= 11 is 0. The van der Waals surface area contributed by atoms with Crippen LogP contribution in [0.25, 0.3) is 11.0 Å². The molecule has 1 aliphatic rings. The number of piperidine rings is 1. The normalized spacial score (nSPS) is 16.6. The van der Waals surface area contributed by atoms with Gasteiger partial charge in [0.1, 0.15) is 0 Å². The van der Waals surface area contributed by atoms with Crippen LogP contribution in [0.5, 0.6) is 0 Å². The zero-order valence-electron chi connectivity index (χ0n) is 11.9. The molecule has 0 spiro atoms. The van der Waals surface area contributed by atoms with Crippen molar-refractivity contribution in [2.45, 2.75) is 18.9 Å². The van der Waals surface area contributed by atoms with E-state index in [2.05, 4.69) is 26.3 Å². The number of aryl methyl sites for hydroxylation is 1. The Bertz CT molecular complexity index is 560. The summed E-state index contributed by atoms with van der Waals surface area (Å²) in [5.41, 5.74) is 2.17. The molecule has 1 aromatic carbocycles. The largest absolute Gasteiger partial charge is 0.376 e. The molecule has 1 fully saturated rings. The monoisotopic (exact) mass is 274 g/mol. The second-order valence-electron chi connectivity index (χ2n) is 5.23. The average molecular weight is 274 g/mol. The molecule has 2 heterocycles. The molecule has 0 aliphatic carbocycles. The highest BCUT2D eigenvalue weighted by molar-refractivity contribution is 5.78. The van der Waals surface area contributed by atoms with Crippen LogP contribution in [0.2, 0.25) is 0 Å². The number of fused-ring (bicyclic) bond motifs is 1. The maximum absolute atomic E-state index is 5.88. The molecule has 3 rings (SSSR count). The third-order valence-electron chi connectivity index (χ3n) is 3.81. The fourth-order valence-corrected chi connectivity index (χ4v) is 2.65. The molecule has 1 saturated heterocycles. The lowest BCUT2D eigenvalue weighted by Gasteiger charge is -2.22. The van der Waals surface area contributed by atoms with Gasteiger partial charge in [0.05, 0.1) is 23.7 Å². The van der Waals surface area contributed by atoms with E-state index in [1.165, 1.54) is 0 Å². The molecule has 2 N–H and O–H groups in total. The minimum absolute atomic E-state index is 0.415. The Kier molecular flexibility index (Phi) is 4.18. The van der Waals surface area contributed by atoms with Gasteiger partial charge in [0.2, 0.25) is 5.95 Å². The molecule has 5 heteroatoms. The highest BCUT2D eigenvalue weighted by Gasteiger charge is 2.13. The van der Waals surface area contributed by atoms with Gasteiger partial charge in [-0.25, -0.2) is 4.98 Å². The van der Waals surface area contributed by atoms with Crippen LogP contribution in [0.1, 0.15) is 12.8 Å². The molecule has 0 amide bonds. The summed E-state index contributed by atoms with van der Waals surface area (Å²) in [6, 6.07) is 8.17. The zero-order chi connectivity index (χ0) is 13.8. The molecule has 1 aromatic heterocycles. The Balaban J connectivity index is 1.51. The molecule has 0 unspecified atom stereocenters. The molecule has 108 valence electrons. The SMILES string of the molecule is Cn1c(NCCOC2CCNCC2)nc2ccccc21. The van der Waals surface area contributed by atoms with Crippen LogP contribution >= 0.6 is 0 Å². The lowest BCUT2D eigenvalue weighted by molar-refractivity contribution is 0.0393. The summed E-state index contributed by atoms with van der Waals surface area (Å²) in [7, 11) is 2.03. The number of hydrogen-bond donors (Lipinski definition) is 2. The average Bonchev–Trinajstić information content (AvgIpc) is 2.82. The lowest BCUT2D eigenvalue weighted by atomic mass is 10.1. The third kappa shape index (κ3) is 2.94. The van der Waals surface area contributed by atoms with Gasteiger partial charge < -0.3 is 19.9 Å². The first kappa shape index (κ1) is 13.4. The minimum atomic E-state index is 0.415. The van der Waals surface area contributed by atoms with E-state index < -0.39 is 0 Å². The van der Waals surface area contributed by atoms with Crippen molar-refractivity contribution in [1.29, 1.82) is 0 Å². The van der Waals surface area contributed by atoms with Gasteiger partial charge in [-0.1, -0.05) is 12.1 Å². The predicted molar refractivity (Wildman–Crippen MR) is 81.0 cm³/mol. The second kappa shape index (κ2) is 6.24. The van der Waals surface area contributed by atoms with E-state index in [9.17, 15) is 0 Å². The van der Waals surface area contributed by atoms with Crippen molar-refractivity contribution >= 4 is 17.0 Å². The van der Waals surface area contributed by atoms with Crippen molar-refractivity contribution in [2.24, 2.45) is 7.05 Å². The first-order chi connectivity index (χ1) is 9.84. The first-order valence-corrected chi connectivity index (χ1v) is 7.32. The summed E-state index contributed by atoms with van der Waals surface area (Å²) in [4.78, 5) is 4.58. The molecule has 20 heavy (non-hydrogen) atoms. The van der Waals surface area contributed by atoms with E-state index >= 15 is 0 Å². The number of anilines is 1. The quantitative estimate of drug-likeness (QED) is 0.816. The van der Waals surface area contributed by atoms with Crippen molar-refractivity contribution in [2.75, 3.05) is 31.6 Å². The van der Waals surface area contributed by atoms with Crippen molar-refractivity contribution in [3.05, 3.63) is 24.3 Å². The molecule has 0 saturated carbocycles. The predicted octanol–water partition coefficient (Wildman–Crippen LogP) is 1.75. The number of hydrogen-bond acceptors (Lipinski definition) is 4. The van der Waals surface area contributed by atoms with E-state index in [1.807, 2.05) is 25.2 Å². The molecule has 5 nitrogen and oxygen atoms in total. The van der Waals surface area contributed by atoms with E-state index in [1.54, 1.807) is 0 Å². The Labute approximate surface area is 119 Å². The lowest BCUT2D eigenvalue weighted by Crippen LogP contribution is -2.33. The molecule has 0 bridgehead atoms. The maximum atomic E-state index is 5.88. The number of imidazole rings is 1. The smallest absolute Gasteiger partial charge is 0.203 e. The van der Waals surface area contributed by atoms with Crippen molar-refractivity contribution in [3.63, 3.8) is 0 Å². The van der Waals surface area contributed by atoms with Gasteiger partial charge in [0.15, 0.2) is 0 Å². The molecule has 0 radical (unpaired) electrons. The Morgan fingerprint density at radius 1 is 1.35 bits per heavy atom. The molecule has 2 aromatic rings. The second-order valence-corrected chi connectivity index (χ2v) is 5.23. The summed E-state index contributed by atoms with van der Waals surface area (Å²) in [5.74, 6) is 0.903. The summed E-state index contributed by atoms with van der Waals surface area (Å²) in [6.45, 7) is 3.67. The molecule has 0 atom stereocenters. The van der Waals surface area contributed by atoms with E-state index in [0.29, 0.717) is 6.10 Å².